The van der Waals surface area contributed by atoms with Gasteiger partial charge in [-0.05, 0) is 17.9 Å². The molecule has 5 heteroatoms. The molecular formula is C11H14O5. The molecule has 1 unspecified atom stereocenters. The molecule has 1 aliphatic rings. The van der Waals surface area contributed by atoms with E-state index in [1.807, 2.05) is 13.8 Å². The Labute approximate surface area is 93.1 Å². The van der Waals surface area contributed by atoms with Gasteiger partial charge in [0.05, 0.1) is 13.0 Å². The van der Waals surface area contributed by atoms with Crippen LogP contribution in [0.5, 0.6) is 0 Å². The summed E-state index contributed by atoms with van der Waals surface area (Å²) in [6.07, 6.45) is 1.82. The summed E-state index contributed by atoms with van der Waals surface area (Å²) in [4.78, 5) is 33.7. The highest BCUT2D eigenvalue weighted by atomic mass is 16.5. The fourth-order valence-electron chi connectivity index (χ4n) is 1.80. The van der Waals surface area contributed by atoms with Gasteiger partial charge in [0.25, 0.3) is 5.78 Å². The highest BCUT2D eigenvalue weighted by molar-refractivity contribution is 6.38. The predicted molar refractivity (Wildman–Crippen MR) is 54.6 cm³/mol. The van der Waals surface area contributed by atoms with Gasteiger partial charge in [-0.15, -0.1) is 0 Å². The van der Waals surface area contributed by atoms with Crippen molar-refractivity contribution in [3.63, 3.8) is 0 Å². The molecule has 0 spiro atoms. The van der Waals surface area contributed by atoms with Crippen molar-refractivity contribution in [3.05, 3.63) is 11.8 Å². The third-order valence-corrected chi connectivity index (χ3v) is 2.56. The molecule has 0 aromatic rings. The lowest BCUT2D eigenvalue weighted by atomic mass is 9.74. The zero-order valence-corrected chi connectivity index (χ0v) is 9.44. The summed E-state index contributed by atoms with van der Waals surface area (Å²) in [6, 6.07) is 0. The molecule has 0 fully saturated rings. The summed E-state index contributed by atoms with van der Waals surface area (Å²) in [5, 5.41) is 8.62. The van der Waals surface area contributed by atoms with Gasteiger partial charge in [-0.3, -0.25) is 9.59 Å². The minimum absolute atomic E-state index is 0.0656. The van der Waals surface area contributed by atoms with E-state index < -0.39 is 28.9 Å². The van der Waals surface area contributed by atoms with Crippen molar-refractivity contribution in [2.75, 3.05) is 7.11 Å². The van der Waals surface area contributed by atoms with Crippen LogP contribution in [0.2, 0.25) is 0 Å². The van der Waals surface area contributed by atoms with Gasteiger partial charge >= 0.3 is 5.97 Å². The molecule has 0 amide bonds. The lowest BCUT2D eigenvalue weighted by Crippen LogP contribution is -2.38. The van der Waals surface area contributed by atoms with E-state index in [-0.39, 0.29) is 12.2 Å². The van der Waals surface area contributed by atoms with Crippen molar-refractivity contribution in [1.82, 2.24) is 0 Å². The molecule has 88 valence electrons. The van der Waals surface area contributed by atoms with Crippen molar-refractivity contribution < 1.29 is 24.2 Å². The Morgan fingerprint density at radius 2 is 2.06 bits per heavy atom. The Morgan fingerprint density at radius 1 is 1.50 bits per heavy atom. The molecule has 1 aliphatic carbocycles. The van der Waals surface area contributed by atoms with Gasteiger partial charge in [-0.1, -0.05) is 13.8 Å². The number of ketones is 2. The van der Waals surface area contributed by atoms with Crippen molar-refractivity contribution in [1.29, 1.82) is 0 Å². The highest BCUT2D eigenvalue weighted by Gasteiger charge is 2.41. The van der Waals surface area contributed by atoms with Gasteiger partial charge in [-0.25, -0.2) is 4.79 Å². The van der Waals surface area contributed by atoms with Crippen LogP contribution in [0.3, 0.4) is 0 Å². The summed E-state index contributed by atoms with van der Waals surface area (Å²) >= 11 is 0. The molecule has 0 radical (unpaired) electrons. The number of ether oxygens (including phenoxy) is 1. The van der Waals surface area contributed by atoms with E-state index in [0.29, 0.717) is 0 Å². The van der Waals surface area contributed by atoms with Gasteiger partial charge in [-0.2, -0.15) is 0 Å². The number of allylic oxidation sites excluding steroid dienone is 2. The van der Waals surface area contributed by atoms with Gasteiger partial charge in [0.2, 0.25) is 5.78 Å². The summed E-state index contributed by atoms with van der Waals surface area (Å²) in [6.45, 7) is 3.64. The fraction of sp³-hybridized carbons (Fsp3) is 0.545. The van der Waals surface area contributed by atoms with Crippen LogP contribution in [0.4, 0.5) is 0 Å². The van der Waals surface area contributed by atoms with Crippen molar-refractivity contribution in [2.24, 2.45) is 11.3 Å². The first-order valence-corrected chi connectivity index (χ1v) is 4.86. The maximum Gasteiger partial charge on any atom is 0.372 e. The van der Waals surface area contributed by atoms with Crippen LogP contribution in [-0.4, -0.2) is 29.8 Å². The van der Waals surface area contributed by atoms with Crippen LogP contribution >= 0.6 is 0 Å². The molecule has 0 aromatic carbocycles. The Hall–Kier alpha value is -1.65. The number of carboxylic acid groups (broad SMARTS) is 1. The lowest BCUT2D eigenvalue weighted by Gasteiger charge is -2.30. The van der Waals surface area contributed by atoms with Crippen LogP contribution in [-0.2, 0) is 19.1 Å². The molecule has 0 saturated carbocycles. The van der Waals surface area contributed by atoms with Crippen LogP contribution in [0.15, 0.2) is 11.8 Å². The first-order chi connectivity index (χ1) is 7.28. The largest absolute Gasteiger partial charge is 0.493 e. The average Bonchev–Trinajstić information content (AvgIpc) is 2.19. The van der Waals surface area contributed by atoms with Crippen LogP contribution in [0.1, 0.15) is 20.3 Å². The number of methoxy groups -OCH3 is 1. The molecule has 0 bridgehead atoms. The molecular weight excluding hydrogens is 212 g/mol. The summed E-state index contributed by atoms with van der Waals surface area (Å²) in [7, 11) is 1.33. The number of carboxylic acids is 1. The number of carbonyl (C=O) groups is 3. The summed E-state index contributed by atoms with van der Waals surface area (Å²) in [5.74, 6) is -4.26. The van der Waals surface area contributed by atoms with Gasteiger partial charge in [0, 0.05) is 0 Å². The molecule has 0 heterocycles. The number of carbonyl (C=O) groups excluding carboxylic acids is 2. The van der Waals surface area contributed by atoms with E-state index in [9.17, 15) is 14.4 Å². The maximum atomic E-state index is 11.7. The predicted octanol–water partition coefficient (Wildman–Crippen LogP) is 0.786. The molecule has 1 atom stereocenters. The van der Waals surface area contributed by atoms with Crippen molar-refractivity contribution >= 4 is 17.5 Å². The Kier molecular flexibility index (Phi) is 3.16. The molecule has 1 rings (SSSR count). The first kappa shape index (κ1) is 12.4. The molecule has 0 saturated heterocycles. The zero-order chi connectivity index (χ0) is 12.5. The standard InChI is InChI=1S/C11H14O5/c1-11(2)4-6(9(13)10(14)15)8(12)7(5-11)16-3/h5-6H,4H2,1-3H3,(H,14,15). The Morgan fingerprint density at radius 3 is 2.50 bits per heavy atom. The van der Waals surface area contributed by atoms with Crippen molar-refractivity contribution in [2.45, 2.75) is 20.3 Å². The minimum atomic E-state index is -1.58. The van der Waals surface area contributed by atoms with E-state index in [1.54, 1.807) is 6.08 Å². The van der Waals surface area contributed by atoms with E-state index >= 15 is 0 Å². The third kappa shape index (κ3) is 2.29. The Balaban J connectivity index is 3.08. The maximum absolute atomic E-state index is 11.7. The van der Waals surface area contributed by atoms with Gasteiger partial charge < -0.3 is 9.84 Å². The van der Waals surface area contributed by atoms with E-state index in [0.717, 1.165) is 0 Å². The first-order valence-electron chi connectivity index (χ1n) is 4.86. The number of hydrogen-bond acceptors (Lipinski definition) is 4. The second-order valence-electron chi connectivity index (χ2n) is 4.49. The van der Waals surface area contributed by atoms with Crippen molar-refractivity contribution in [3.8, 4) is 0 Å². The third-order valence-electron chi connectivity index (χ3n) is 2.56. The van der Waals surface area contributed by atoms with E-state index in [1.165, 1.54) is 7.11 Å². The SMILES string of the molecule is COC1=CC(C)(C)CC(C(=O)C(=O)O)C1=O. The number of aliphatic carboxylic acids is 1. The Bertz CT molecular complexity index is 378. The quantitative estimate of drug-likeness (QED) is 0.568. The van der Waals surface area contributed by atoms with Crippen LogP contribution in [0, 0.1) is 11.3 Å². The monoisotopic (exact) mass is 226 g/mol. The molecule has 0 aliphatic heterocycles. The molecule has 16 heavy (non-hydrogen) atoms. The van der Waals surface area contributed by atoms with Crippen LogP contribution < -0.4 is 0 Å². The van der Waals surface area contributed by atoms with E-state index in [4.69, 9.17) is 9.84 Å². The second kappa shape index (κ2) is 4.08. The number of hydrogen-bond donors (Lipinski definition) is 1. The fourth-order valence-corrected chi connectivity index (χ4v) is 1.80. The average molecular weight is 226 g/mol. The minimum Gasteiger partial charge on any atom is -0.493 e. The van der Waals surface area contributed by atoms with E-state index in [2.05, 4.69) is 0 Å². The lowest BCUT2D eigenvalue weighted by molar-refractivity contribution is -0.153. The molecule has 5 nitrogen and oxygen atoms in total. The molecule has 1 N–H and O–H groups in total. The summed E-state index contributed by atoms with van der Waals surface area (Å²) < 4.78 is 4.87. The van der Waals surface area contributed by atoms with Crippen LogP contribution in [0.25, 0.3) is 0 Å². The summed E-state index contributed by atoms with van der Waals surface area (Å²) in [5.41, 5.74) is -0.422. The second-order valence-corrected chi connectivity index (χ2v) is 4.49. The smallest absolute Gasteiger partial charge is 0.372 e. The zero-order valence-electron chi connectivity index (χ0n) is 9.44. The number of Topliss-reactive ketones (excluding diaryl/α,β-unsaturated/α-hetero) is 2. The topological polar surface area (TPSA) is 80.7 Å². The molecule has 0 aromatic heterocycles. The number of rotatable bonds is 3. The van der Waals surface area contributed by atoms with Gasteiger partial charge in [0.1, 0.15) is 0 Å². The normalized spacial score (nSPS) is 23.6. The highest BCUT2D eigenvalue weighted by Crippen LogP contribution is 2.35. The van der Waals surface area contributed by atoms with Gasteiger partial charge in [0.15, 0.2) is 5.76 Å².